The van der Waals surface area contributed by atoms with Crippen molar-refractivity contribution >= 4 is 22.5 Å². The van der Waals surface area contributed by atoms with E-state index >= 15 is 0 Å². The van der Waals surface area contributed by atoms with E-state index in [0.29, 0.717) is 15.9 Å². The Morgan fingerprint density at radius 1 is 1.25 bits per heavy atom. The number of fused-ring (bicyclic) bond motifs is 1. The van der Waals surface area contributed by atoms with Crippen LogP contribution in [0, 0.1) is 12.7 Å². The van der Waals surface area contributed by atoms with E-state index in [2.05, 4.69) is 9.97 Å². The molecule has 0 bridgehead atoms. The van der Waals surface area contributed by atoms with Crippen LogP contribution in [0.25, 0.3) is 22.3 Å². The van der Waals surface area contributed by atoms with Gasteiger partial charge in [-0.05, 0) is 36.8 Å². The SMILES string of the molecule is Cc1cc(-c2nc3ccccc3c(=O)[nH]2)c(F)cc1Cl. The fraction of sp³-hybridized carbons (Fsp3) is 0.0667. The molecule has 0 saturated carbocycles. The van der Waals surface area contributed by atoms with Gasteiger partial charge in [-0.15, -0.1) is 0 Å². The number of hydrogen-bond donors (Lipinski definition) is 1. The number of para-hydroxylation sites is 1. The second kappa shape index (κ2) is 4.72. The van der Waals surface area contributed by atoms with E-state index in [1.165, 1.54) is 6.07 Å². The number of benzene rings is 2. The molecule has 0 aliphatic heterocycles. The molecule has 1 N–H and O–H groups in total. The highest BCUT2D eigenvalue weighted by molar-refractivity contribution is 6.31. The van der Waals surface area contributed by atoms with Gasteiger partial charge in [-0.3, -0.25) is 4.79 Å². The van der Waals surface area contributed by atoms with E-state index < -0.39 is 5.82 Å². The molecule has 5 heteroatoms. The predicted octanol–water partition coefficient (Wildman–Crippen LogP) is 3.69. The van der Waals surface area contributed by atoms with E-state index in [-0.39, 0.29) is 16.9 Å². The van der Waals surface area contributed by atoms with Crippen molar-refractivity contribution in [2.75, 3.05) is 0 Å². The molecule has 0 fully saturated rings. The van der Waals surface area contributed by atoms with Crippen molar-refractivity contribution in [1.82, 2.24) is 9.97 Å². The molecule has 100 valence electrons. The molecule has 0 amide bonds. The molecule has 0 radical (unpaired) electrons. The van der Waals surface area contributed by atoms with Crippen molar-refractivity contribution in [3.8, 4) is 11.4 Å². The Balaban J connectivity index is 2.30. The Labute approximate surface area is 119 Å². The zero-order valence-corrected chi connectivity index (χ0v) is 11.3. The molecule has 20 heavy (non-hydrogen) atoms. The third-order valence-electron chi connectivity index (χ3n) is 3.12. The number of H-pyrrole nitrogens is 1. The summed E-state index contributed by atoms with van der Waals surface area (Å²) in [6, 6.07) is 9.73. The van der Waals surface area contributed by atoms with Crippen LogP contribution in [0.2, 0.25) is 5.02 Å². The lowest BCUT2D eigenvalue weighted by Gasteiger charge is -2.07. The van der Waals surface area contributed by atoms with Crippen LogP contribution in [0.5, 0.6) is 0 Å². The first-order valence-corrected chi connectivity index (χ1v) is 6.39. The largest absolute Gasteiger partial charge is 0.306 e. The maximum Gasteiger partial charge on any atom is 0.259 e. The minimum Gasteiger partial charge on any atom is -0.306 e. The highest BCUT2D eigenvalue weighted by Gasteiger charge is 2.12. The molecule has 0 atom stereocenters. The first-order valence-electron chi connectivity index (χ1n) is 6.01. The molecule has 2 aromatic carbocycles. The molecule has 0 unspecified atom stereocenters. The molecule has 3 aromatic rings. The summed E-state index contributed by atoms with van der Waals surface area (Å²) in [6.07, 6.45) is 0. The third-order valence-corrected chi connectivity index (χ3v) is 3.52. The number of halogens is 2. The van der Waals surface area contributed by atoms with Gasteiger partial charge in [0.15, 0.2) is 0 Å². The summed E-state index contributed by atoms with van der Waals surface area (Å²) in [4.78, 5) is 18.9. The van der Waals surface area contributed by atoms with Crippen molar-refractivity contribution in [1.29, 1.82) is 0 Å². The fourth-order valence-corrected chi connectivity index (χ4v) is 2.20. The molecular weight excluding hydrogens is 279 g/mol. The second-order valence-corrected chi connectivity index (χ2v) is 4.92. The van der Waals surface area contributed by atoms with Gasteiger partial charge in [0.1, 0.15) is 11.6 Å². The summed E-state index contributed by atoms with van der Waals surface area (Å²) >= 11 is 5.87. The van der Waals surface area contributed by atoms with Crippen molar-refractivity contribution in [2.45, 2.75) is 6.92 Å². The van der Waals surface area contributed by atoms with E-state index in [0.717, 1.165) is 5.56 Å². The molecule has 0 spiro atoms. The Bertz CT molecular complexity index is 873. The minimum absolute atomic E-state index is 0.200. The van der Waals surface area contributed by atoms with E-state index in [4.69, 9.17) is 11.6 Å². The van der Waals surface area contributed by atoms with Crippen LogP contribution >= 0.6 is 11.6 Å². The Kier molecular flexibility index (Phi) is 3.03. The van der Waals surface area contributed by atoms with Crippen LogP contribution in [-0.4, -0.2) is 9.97 Å². The van der Waals surface area contributed by atoms with Crippen LogP contribution in [0.15, 0.2) is 41.2 Å². The standard InChI is InChI=1S/C15H10ClFN2O/c1-8-6-10(12(17)7-11(8)16)14-18-13-5-3-2-4-9(13)15(20)19-14/h2-7H,1H3,(H,18,19,20). The van der Waals surface area contributed by atoms with Gasteiger partial charge in [0, 0.05) is 5.02 Å². The zero-order chi connectivity index (χ0) is 14.3. The number of rotatable bonds is 1. The maximum atomic E-state index is 14.0. The average molecular weight is 289 g/mol. The maximum absolute atomic E-state index is 14.0. The summed E-state index contributed by atoms with van der Waals surface area (Å²) in [6.45, 7) is 1.77. The number of aromatic amines is 1. The van der Waals surface area contributed by atoms with Crippen LogP contribution in [-0.2, 0) is 0 Å². The van der Waals surface area contributed by atoms with Gasteiger partial charge in [0.05, 0.1) is 16.5 Å². The van der Waals surface area contributed by atoms with Crippen molar-refractivity contribution < 1.29 is 4.39 Å². The van der Waals surface area contributed by atoms with Crippen LogP contribution < -0.4 is 5.56 Å². The predicted molar refractivity (Wildman–Crippen MR) is 77.5 cm³/mol. The first-order chi connectivity index (χ1) is 9.56. The molecule has 3 rings (SSSR count). The van der Waals surface area contributed by atoms with Gasteiger partial charge in [-0.1, -0.05) is 23.7 Å². The quantitative estimate of drug-likeness (QED) is 0.742. The van der Waals surface area contributed by atoms with Crippen LogP contribution in [0.3, 0.4) is 0 Å². The van der Waals surface area contributed by atoms with E-state index in [1.54, 1.807) is 37.3 Å². The van der Waals surface area contributed by atoms with Gasteiger partial charge in [0.2, 0.25) is 0 Å². The van der Waals surface area contributed by atoms with Gasteiger partial charge in [-0.25, -0.2) is 9.37 Å². The highest BCUT2D eigenvalue weighted by Crippen LogP contribution is 2.26. The molecular formula is C15H10ClFN2O. The molecule has 1 aromatic heterocycles. The molecule has 0 aliphatic carbocycles. The Morgan fingerprint density at radius 2 is 2.00 bits per heavy atom. The van der Waals surface area contributed by atoms with E-state index in [9.17, 15) is 9.18 Å². The number of aromatic nitrogens is 2. The first kappa shape index (κ1) is 12.8. The van der Waals surface area contributed by atoms with Crippen molar-refractivity contribution in [3.63, 3.8) is 0 Å². The summed E-state index contributed by atoms with van der Waals surface area (Å²) in [7, 11) is 0. The fourth-order valence-electron chi connectivity index (χ4n) is 2.05. The number of aryl methyl sites for hydroxylation is 1. The minimum atomic E-state index is -0.515. The number of nitrogens with one attached hydrogen (secondary N) is 1. The monoisotopic (exact) mass is 288 g/mol. The zero-order valence-electron chi connectivity index (χ0n) is 10.6. The summed E-state index contributed by atoms with van der Waals surface area (Å²) < 4.78 is 14.0. The number of nitrogens with zero attached hydrogens (tertiary/aromatic N) is 1. The van der Waals surface area contributed by atoms with Gasteiger partial charge < -0.3 is 4.98 Å². The van der Waals surface area contributed by atoms with Crippen LogP contribution in [0.1, 0.15) is 5.56 Å². The Morgan fingerprint density at radius 3 is 2.80 bits per heavy atom. The van der Waals surface area contributed by atoms with Crippen molar-refractivity contribution in [2.24, 2.45) is 0 Å². The molecule has 3 nitrogen and oxygen atoms in total. The normalized spacial score (nSPS) is 10.9. The summed E-state index contributed by atoms with van der Waals surface area (Å²) in [5.74, 6) is -0.315. The second-order valence-electron chi connectivity index (χ2n) is 4.51. The van der Waals surface area contributed by atoms with Crippen molar-refractivity contribution in [3.05, 3.63) is 63.2 Å². The van der Waals surface area contributed by atoms with Gasteiger partial charge in [-0.2, -0.15) is 0 Å². The highest BCUT2D eigenvalue weighted by atomic mass is 35.5. The lowest BCUT2D eigenvalue weighted by Crippen LogP contribution is -2.10. The third kappa shape index (κ3) is 2.08. The summed E-state index contributed by atoms with van der Waals surface area (Å²) in [5.41, 5.74) is 1.18. The van der Waals surface area contributed by atoms with Gasteiger partial charge in [0.25, 0.3) is 5.56 Å². The molecule has 0 saturated heterocycles. The summed E-state index contributed by atoms with van der Waals surface area (Å²) in [5, 5.41) is 0.816. The lowest BCUT2D eigenvalue weighted by atomic mass is 10.1. The van der Waals surface area contributed by atoms with E-state index in [1.807, 2.05) is 0 Å². The number of hydrogen-bond acceptors (Lipinski definition) is 2. The van der Waals surface area contributed by atoms with Crippen LogP contribution in [0.4, 0.5) is 4.39 Å². The molecule has 1 heterocycles. The smallest absolute Gasteiger partial charge is 0.259 e. The topological polar surface area (TPSA) is 45.8 Å². The average Bonchev–Trinajstić information content (AvgIpc) is 2.43. The lowest BCUT2D eigenvalue weighted by molar-refractivity contribution is 0.629. The van der Waals surface area contributed by atoms with Gasteiger partial charge >= 0.3 is 0 Å². The Hall–Kier alpha value is -2.20. The molecule has 0 aliphatic rings.